The third-order valence-corrected chi connectivity index (χ3v) is 6.92. The van der Waals surface area contributed by atoms with Gasteiger partial charge >= 0.3 is 0 Å². The standard InChI is InChI=1S/C16H12N.C12H22O2.Ir/c1-12-7-8-14-9-10-15(17-16(14)11-12)13-5-3-2-4-6-13;13-10-7-3-1-5-9-6-2-4-8-11(14)12(9)10;/h2-5,7-11H,1H3;9-14H,1-8H2;/q-1;;. The van der Waals surface area contributed by atoms with Gasteiger partial charge in [-0.25, -0.2) is 0 Å². The molecule has 1 aromatic heterocycles. The molecule has 2 aromatic carbocycles. The van der Waals surface area contributed by atoms with Crippen molar-refractivity contribution in [2.75, 3.05) is 0 Å². The fourth-order valence-corrected chi connectivity index (χ4v) is 5.25. The quantitative estimate of drug-likeness (QED) is 0.329. The minimum absolute atomic E-state index is 0. The van der Waals surface area contributed by atoms with E-state index in [1.54, 1.807) is 0 Å². The zero-order chi connectivity index (χ0) is 21.6. The number of aryl methyl sites for hydroxylation is 1. The van der Waals surface area contributed by atoms with E-state index in [1.165, 1.54) is 36.6 Å². The second-order valence-electron chi connectivity index (χ2n) is 9.21. The third-order valence-electron chi connectivity index (χ3n) is 6.92. The molecular weight excluding hydrogens is 575 g/mol. The minimum atomic E-state index is -0.240. The van der Waals surface area contributed by atoms with Crippen LogP contribution in [0.4, 0.5) is 0 Å². The number of aromatic nitrogens is 1. The molecule has 0 aliphatic heterocycles. The van der Waals surface area contributed by atoms with E-state index >= 15 is 0 Å². The van der Waals surface area contributed by atoms with Crippen molar-refractivity contribution in [3.05, 3.63) is 66.2 Å². The van der Waals surface area contributed by atoms with Gasteiger partial charge in [0.25, 0.3) is 0 Å². The molecule has 32 heavy (non-hydrogen) atoms. The molecule has 5 rings (SSSR count). The van der Waals surface area contributed by atoms with E-state index in [0.29, 0.717) is 5.92 Å². The Bertz CT molecular complexity index is 960. The van der Waals surface area contributed by atoms with E-state index in [1.807, 2.05) is 30.3 Å². The Balaban J connectivity index is 0.000000178. The van der Waals surface area contributed by atoms with Gasteiger partial charge < -0.3 is 10.2 Å². The fraction of sp³-hybridized carbons (Fsp3) is 0.464. The summed E-state index contributed by atoms with van der Waals surface area (Å²) in [4.78, 5) is 4.68. The van der Waals surface area contributed by atoms with Gasteiger partial charge in [0, 0.05) is 26.0 Å². The SMILES string of the molecule is Cc1ccc2ccc(-c3[c-]cccc3)nc2c1.OC1CCCCC2CCCCC(O)C12.[Ir]. The van der Waals surface area contributed by atoms with Crippen molar-refractivity contribution in [3.63, 3.8) is 0 Å². The molecule has 0 bridgehead atoms. The van der Waals surface area contributed by atoms with Crippen LogP contribution in [0.25, 0.3) is 22.2 Å². The molecule has 0 saturated heterocycles. The monoisotopic (exact) mass is 609 g/mol. The topological polar surface area (TPSA) is 53.4 Å². The molecule has 1 heterocycles. The largest absolute Gasteiger partial charge is 0.393 e. The summed E-state index contributed by atoms with van der Waals surface area (Å²) in [6.45, 7) is 2.09. The number of fused-ring (bicyclic) bond motifs is 2. The molecular formula is C28H34IrNO2-. The Hall–Kier alpha value is -1.58. The first-order valence-corrected chi connectivity index (χ1v) is 11.8. The van der Waals surface area contributed by atoms with Gasteiger partial charge in [-0.2, -0.15) is 0 Å². The van der Waals surface area contributed by atoms with Crippen molar-refractivity contribution in [2.24, 2.45) is 11.8 Å². The summed E-state index contributed by atoms with van der Waals surface area (Å²) >= 11 is 0. The fourth-order valence-electron chi connectivity index (χ4n) is 5.25. The third kappa shape index (κ3) is 6.26. The molecule has 2 aliphatic rings. The summed E-state index contributed by atoms with van der Waals surface area (Å²) in [5.41, 5.74) is 4.29. The number of rotatable bonds is 1. The van der Waals surface area contributed by atoms with Gasteiger partial charge in [0.2, 0.25) is 0 Å². The van der Waals surface area contributed by atoms with Gasteiger partial charge in [-0.1, -0.05) is 49.9 Å². The molecule has 1 radical (unpaired) electrons. The number of benzene rings is 2. The summed E-state index contributed by atoms with van der Waals surface area (Å²) < 4.78 is 0. The second kappa shape index (κ2) is 12.0. The Kier molecular flexibility index (Phi) is 9.43. The first-order valence-electron chi connectivity index (χ1n) is 11.8. The molecule has 2 N–H and O–H groups in total. The first kappa shape index (κ1) is 25.0. The van der Waals surface area contributed by atoms with Gasteiger partial charge in [-0.3, -0.25) is 4.98 Å². The summed E-state index contributed by atoms with van der Waals surface area (Å²) in [6.07, 6.45) is 8.53. The average molecular weight is 609 g/mol. The van der Waals surface area contributed by atoms with Crippen LogP contribution in [0.2, 0.25) is 0 Å². The number of pyridine rings is 1. The molecule has 3 nitrogen and oxygen atoms in total. The summed E-state index contributed by atoms with van der Waals surface area (Å²) in [5, 5.41) is 21.2. The van der Waals surface area contributed by atoms with Gasteiger partial charge in [-0.15, -0.1) is 35.9 Å². The maximum atomic E-state index is 10.0. The Morgan fingerprint density at radius 1 is 0.844 bits per heavy atom. The smallest absolute Gasteiger partial charge is 0.0597 e. The van der Waals surface area contributed by atoms with Crippen molar-refractivity contribution < 1.29 is 30.3 Å². The Morgan fingerprint density at radius 2 is 1.50 bits per heavy atom. The van der Waals surface area contributed by atoms with Crippen LogP contribution in [-0.4, -0.2) is 27.4 Å². The van der Waals surface area contributed by atoms with Crippen LogP contribution in [0.3, 0.4) is 0 Å². The van der Waals surface area contributed by atoms with E-state index in [0.717, 1.165) is 42.5 Å². The average Bonchev–Trinajstić information content (AvgIpc) is 3.09. The number of aliphatic hydroxyl groups is 2. The van der Waals surface area contributed by atoms with Crippen LogP contribution in [-0.2, 0) is 20.1 Å². The van der Waals surface area contributed by atoms with Gasteiger partial charge in [0.1, 0.15) is 0 Å². The van der Waals surface area contributed by atoms with Crippen LogP contribution in [0.5, 0.6) is 0 Å². The van der Waals surface area contributed by atoms with Crippen molar-refractivity contribution >= 4 is 10.9 Å². The van der Waals surface area contributed by atoms with Crippen LogP contribution >= 0.6 is 0 Å². The predicted octanol–water partition coefficient (Wildman–Crippen LogP) is 6.10. The molecule has 173 valence electrons. The first-order chi connectivity index (χ1) is 15.1. The number of nitrogens with zero attached hydrogens (tertiary/aromatic N) is 1. The van der Waals surface area contributed by atoms with Crippen molar-refractivity contribution in [2.45, 2.75) is 70.5 Å². The maximum absolute atomic E-state index is 10.0. The molecule has 2 fully saturated rings. The molecule has 2 atom stereocenters. The normalized spacial score (nSPS) is 25.3. The van der Waals surface area contributed by atoms with E-state index in [9.17, 15) is 10.2 Å². The Labute approximate surface area is 205 Å². The molecule has 2 unspecified atom stereocenters. The van der Waals surface area contributed by atoms with E-state index in [-0.39, 0.29) is 38.2 Å². The second-order valence-corrected chi connectivity index (χ2v) is 9.21. The summed E-state index contributed by atoms with van der Waals surface area (Å²) in [7, 11) is 0. The van der Waals surface area contributed by atoms with E-state index in [2.05, 4.69) is 42.2 Å². The van der Waals surface area contributed by atoms with Gasteiger partial charge in [0.05, 0.1) is 17.7 Å². The van der Waals surface area contributed by atoms with E-state index in [4.69, 9.17) is 0 Å². The maximum Gasteiger partial charge on any atom is 0.0597 e. The zero-order valence-electron chi connectivity index (χ0n) is 18.8. The Morgan fingerprint density at radius 3 is 2.16 bits per heavy atom. The van der Waals surface area contributed by atoms with Gasteiger partial charge in [0.15, 0.2) is 0 Å². The van der Waals surface area contributed by atoms with Crippen molar-refractivity contribution in [1.82, 2.24) is 4.98 Å². The van der Waals surface area contributed by atoms with Crippen molar-refractivity contribution in [3.8, 4) is 11.3 Å². The van der Waals surface area contributed by atoms with Crippen LogP contribution < -0.4 is 0 Å². The molecule has 0 amide bonds. The predicted molar refractivity (Wildman–Crippen MR) is 127 cm³/mol. The molecule has 0 spiro atoms. The molecule has 4 heteroatoms. The summed E-state index contributed by atoms with van der Waals surface area (Å²) in [5.74, 6) is 0.769. The number of aliphatic hydroxyl groups excluding tert-OH is 2. The summed E-state index contributed by atoms with van der Waals surface area (Å²) in [6, 6.07) is 21.6. The van der Waals surface area contributed by atoms with Crippen LogP contribution in [0.15, 0.2) is 54.6 Å². The number of hydrogen-bond donors (Lipinski definition) is 2. The molecule has 2 aliphatic carbocycles. The number of hydrogen-bond acceptors (Lipinski definition) is 3. The molecule has 3 aromatic rings. The van der Waals surface area contributed by atoms with E-state index < -0.39 is 0 Å². The zero-order valence-corrected chi connectivity index (χ0v) is 21.2. The molecule has 2 saturated carbocycles. The van der Waals surface area contributed by atoms with Gasteiger partial charge in [-0.05, 0) is 61.2 Å². The van der Waals surface area contributed by atoms with Crippen LogP contribution in [0, 0.1) is 24.8 Å². The van der Waals surface area contributed by atoms with Crippen molar-refractivity contribution in [1.29, 1.82) is 0 Å². The minimum Gasteiger partial charge on any atom is -0.393 e. The van der Waals surface area contributed by atoms with Crippen LogP contribution in [0.1, 0.15) is 56.9 Å².